The summed E-state index contributed by atoms with van der Waals surface area (Å²) in [5.41, 5.74) is 2.18. The van der Waals surface area contributed by atoms with E-state index < -0.39 is 0 Å². The van der Waals surface area contributed by atoms with Crippen molar-refractivity contribution in [2.75, 3.05) is 0 Å². The van der Waals surface area contributed by atoms with Crippen LogP contribution in [0.3, 0.4) is 0 Å². The molecule has 0 N–H and O–H groups in total. The zero-order valence-electron chi connectivity index (χ0n) is 9.47. The highest BCUT2D eigenvalue weighted by molar-refractivity contribution is 7.98. The number of hydrogen-bond acceptors (Lipinski definition) is 3. The van der Waals surface area contributed by atoms with Gasteiger partial charge in [0.2, 0.25) is 0 Å². The molecule has 0 aliphatic heterocycles. The van der Waals surface area contributed by atoms with E-state index in [1.807, 2.05) is 37.5 Å². The van der Waals surface area contributed by atoms with Gasteiger partial charge in [-0.25, -0.2) is 0 Å². The quantitative estimate of drug-likeness (QED) is 0.628. The molecule has 17 heavy (non-hydrogen) atoms. The van der Waals surface area contributed by atoms with E-state index in [1.54, 1.807) is 18.0 Å². The van der Waals surface area contributed by atoms with Crippen molar-refractivity contribution in [3.05, 3.63) is 54.2 Å². The van der Waals surface area contributed by atoms with Crippen LogP contribution in [0.2, 0.25) is 0 Å². The van der Waals surface area contributed by atoms with Gasteiger partial charge in [-0.2, -0.15) is 0 Å². The van der Waals surface area contributed by atoms with Crippen LogP contribution in [0.4, 0.5) is 0 Å². The molecule has 0 amide bonds. The summed E-state index contributed by atoms with van der Waals surface area (Å²) >= 11 is 1.77. The topological polar surface area (TPSA) is 26.3 Å². The van der Waals surface area contributed by atoms with E-state index in [9.17, 15) is 0 Å². The zero-order chi connectivity index (χ0) is 11.7. The molecule has 0 spiro atoms. The van der Waals surface area contributed by atoms with Gasteiger partial charge >= 0.3 is 0 Å². The van der Waals surface area contributed by atoms with Crippen LogP contribution in [0.25, 0.3) is 11.0 Å². The van der Waals surface area contributed by atoms with Gasteiger partial charge in [0.25, 0.3) is 0 Å². The molecule has 0 radical (unpaired) electrons. The highest BCUT2D eigenvalue weighted by Gasteiger charge is 2.07. The summed E-state index contributed by atoms with van der Waals surface area (Å²) in [5, 5.41) is 1.20. The Morgan fingerprint density at radius 1 is 1.12 bits per heavy atom. The summed E-state index contributed by atoms with van der Waals surface area (Å²) in [6.07, 6.45) is 3.57. The highest BCUT2D eigenvalue weighted by atomic mass is 32.2. The molecular formula is C14H12O2S. The van der Waals surface area contributed by atoms with Crippen LogP contribution in [0, 0.1) is 6.92 Å². The van der Waals surface area contributed by atoms with Crippen LogP contribution in [0.1, 0.15) is 11.3 Å². The number of thioether (sulfide) groups is 1. The Morgan fingerprint density at radius 2 is 2.00 bits per heavy atom. The molecular weight excluding hydrogens is 232 g/mol. The summed E-state index contributed by atoms with van der Waals surface area (Å²) in [6, 6.07) is 10.1. The van der Waals surface area contributed by atoms with Crippen LogP contribution in [0.15, 0.2) is 56.6 Å². The van der Waals surface area contributed by atoms with Gasteiger partial charge in [-0.05, 0) is 19.1 Å². The Morgan fingerprint density at radius 3 is 2.82 bits per heavy atom. The lowest BCUT2D eigenvalue weighted by atomic mass is 10.2. The minimum Gasteiger partial charge on any atom is -0.468 e. The number of aryl methyl sites for hydroxylation is 1. The second-order valence-electron chi connectivity index (χ2n) is 3.89. The largest absolute Gasteiger partial charge is 0.468 e. The predicted octanol–water partition coefficient (Wildman–Crippen LogP) is 4.63. The van der Waals surface area contributed by atoms with Crippen LogP contribution >= 0.6 is 11.8 Å². The standard InChI is InChI=1S/C14H12O2S/c1-10-14(6-7-15-10)17-9-11-8-16-13-5-3-2-4-12(11)13/h2-8H,9H2,1H3. The normalized spacial score (nSPS) is 11.1. The third-order valence-corrected chi connectivity index (χ3v) is 3.95. The minimum atomic E-state index is 0.900. The third-order valence-electron chi connectivity index (χ3n) is 2.76. The van der Waals surface area contributed by atoms with E-state index in [4.69, 9.17) is 8.83 Å². The number of fused-ring (bicyclic) bond motifs is 1. The van der Waals surface area contributed by atoms with Gasteiger partial charge in [0, 0.05) is 21.6 Å². The molecule has 3 rings (SSSR count). The van der Waals surface area contributed by atoms with Gasteiger partial charge < -0.3 is 8.83 Å². The van der Waals surface area contributed by atoms with Crippen molar-refractivity contribution in [1.29, 1.82) is 0 Å². The van der Waals surface area contributed by atoms with E-state index in [1.165, 1.54) is 15.8 Å². The molecule has 0 atom stereocenters. The van der Waals surface area contributed by atoms with Crippen molar-refractivity contribution < 1.29 is 8.83 Å². The molecule has 0 aliphatic carbocycles. The maximum absolute atomic E-state index is 5.51. The third kappa shape index (κ3) is 1.98. The van der Waals surface area contributed by atoms with Crippen LogP contribution in [0.5, 0.6) is 0 Å². The van der Waals surface area contributed by atoms with E-state index in [0.29, 0.717) is 0 Å². The monoisotopic (exact) mass is 244 g/mol. The molecule has 2 nitrogen and oxygen atoms in total. The van der Waals surface area contributed by atoms with E-state index in [0.717, 1.165) is 17.1 Å². The molecule has 0 fully saturated rings. The van der Waals surface area contributed by atoms with Crippen molar-refractivity contribution in [1.82, 2.24) is 0 Å². The van der Waals surface area contributed by atoms with Crippen molar-refractivity contribution in [2.24, 2.45) is 0 Å². The first kappa shape index (κ1) is 10.5. The molecule has 3 heteroatoms. The molecule has 0 saturated heterocycles. The summed E-state index contributed by atoms with van der Waals surface area (Å²) < 4.78 is 10.8. The zero-order valence-corrected chi connectivity index (χ0v) is 10.3. The summed E-state index contributed by atoms with van der Waals surface area (Å²) in [7, 11) is 0. The first-order valence-electron chi connectivity index (χ1n) is 5.46. The van der Waals surface area contributed by atoms with Crippen molar-refractivity contribution in [2.45, 2.75) is 17.6 Å². The SMILES string of the molecule is Cc1occc1SCc1coc2ccccc12. The van der Waals surface area contributed by atoms with Crippen LogP contribution in [-0.2, 0) is 5.75 Å². The number of benzene rings is 1. The summed E-state index contributed by atoms with van der Waals surface area (Å²) in [4.78, 5) is 1.19. The predicted molar refractivity (Wildman–Crippen MR) is 69.2 cm³/mol. The number of rotatable bonds is 3. The number of para-hydroxylation sites is 1. The van der Waals surface area contributed by atoms with Gasteiger partial charge in [0.05, 0.1) is 12.5 Å². The van der Waals surface area contributed by atoms with Crippen molar-refractivity contribution in [3.63, 3.8) is 0 Å². The van der Waals surface area contributed by atoms with Crippen molar-refractivity contribution in [3.8, 4) is 0 Å². The fourth-order valence-corrected chi connectivity index (χ4v) is 2.76. The second-order valence-corrected chi connectivity index (χ2v) is 4.90. The molecule has 0 aliphatic rings. The van der Waals surface area contributed by atoms with Crippen LogP contribution in [-0.4, -0.2) is 0 Å². The molecule has 2 heterocycles. The Bertz CT molecular complexity index is 636. The van der Waals surface area contributed by atoms with E-state index in [-0.39, 0.29) is 0 Å². The van der Waals surface area contributed by atoms with Gasteiger partial charge in [-0.3, -0.25) is 0 Å². The molecule has 2 aromatic heterocycles. The maximum atomic E-state index is 5.51. The van der Waals surface area contributed by atoms with Crippen LogP contribution < -0.4 is 0 Å². The summed E-state index contributed by atoms with van der Waals surface area (Å²) in [6.45, 7) is 1.98. The Balaban J connectivity index is 1.84. The second kappa shape index (κ2) is 4.34. The Labute approximate surface area is 104 Å². The van der Waals surface area contributed by atoms with E-state index in [2.05, 4.69) is 6.07 Å². The van der Waals surface area contributed by atoms with E-state index >= 15 is 0 Å². The lowest BCUT2D eigenvalue weighted by Crippen LogP contribution is -1.78. The molecule has 1 aromatic carbocycles. The fraction of sp³-hybridized carbons (Fsp3) is 0.143. The Kier molecular flexibility index (Phi) is 2.69. The first-order chi connectivity index (χ1) is 8.34. The molecule has 0 saturated carbocycles. The number of furan rings is 2. The molecule has 3 aromatic rings. The lowest BCUT2D eigenvalue weighted by molar-refractivity contribution is 0.527. The molecule has 0 bridgehead atoms. The Hall–Kier alpha value is -1.61. The summed E-state index contributed by atoms with van der Waals surface area (Å²) in [5.74, 6) is 1.88. The maximum Gasteiger partial charge on any atom is 0.134 e. The highest BCUT2D eigenvalue weighted by Crippen LogP contribution is 2.30. The van der Waals surface area contributed by atoms with Crippen molar-refractivity contribution >= 4 is 22.7 Å². The number of hydrogen-bond donors (Lipinski definition) is 0. The minimum absolute atomic E-state index is 0.900. The van der Waals surface area contributed by atoms with Gasteiger partial charge in [-0.1, -0.05) is 18.2 Å². The fourth-order valence-electron chi connectivity index (χ4n) is 1.82. The first-order valence-corrected chi connectivity index (χ1v) is 6.45. The smallest absolute Gasteiger partial charge is 0.134 e. The van der Waals surface area contributed by atoms with Gasteiger partial charge in [-0.15, -0.1) is 11.8 Å². The average molecular weight is 244 g/mol. The lowest BCUT2D eigenvalue weighted by Gasteiger charge is -1.97. The molecule has 0 unspecified atom stereocenters. The van der Waals surface area contributed by atoms with Gasteiger partial charge in [0.1, 0.15) is 11.3 Å². The average Bonchev–Trinajstić information content (AvgIpc) is 2.93. The van der Waals surface area contributed by atoms with Gasteiger partial charge in [0.15, 0.2) is 0 Å². The molecule has 86 valence electrons.